The molecule has 1 aliphatic carbocycles. The monoisotopic (exact) mass is 395 g/mol. The minimum Gasteiger partial charge on any atom is -0.391 e. The molecule has 1 aromatic heterocycles. The average Bonchev–Trinajstić information content (AvgIpc) is 3.22. The predicted molar refractivity (Wildman–Crippen MR) is 98.4 cm³/mol. The van der Waals surface area contributed by atoms with Gasteiger partial charge in [-0.3, -0.25) is 4.68 Å². The second-order valence-electron chi connectivity index (χ2n) is 7.37. The van der Waals surface area contributed by atoms with Crippen LogP contribution in [0, 0.1) is 18.8 Å². The fourth-order valence-electron chi connectivity index (χ4n) is 4.28. The minimum atomic E-state index is -3.64. The number of rotatable bonds is 3. The third-order valence-corrected chi connectivity index (χ3v) is 7.96. The van der Waals surface area contributed by atoms with Crippen molar-refractivity contribution in [3.8, 4) is 0 Å². The van der Waals surface area contributed by atoms with Gasteiger partial charge in [0.2, 0.25) is 10.0 Å². The van der Waals surface area contributed by atoms with Gasteiger partial charge in [0.15, 0.2) is 0 Å². The van der Waals surface area contributed by atoms with E-state index in [2.05, 4.69) is 5.10 Å². The Morgan fingerprint density at radius 2 is 1.96 bits per heavy atom. The number of hydrogen-bond acceptors (Lipinski definition) is 4. The van der Waals surface area contributed by atoms with Gasteiger partial charge in [0.1, 0.15) is 4.90 Å². The quantitative estimate of drug-likeness (QED) is 0.866. The second-order valence-corrected chi connectivity index (χ2v) is 9.68. The van der Waals surface area contributed by atoms with Crippen molar-refractivity contribution < 1.29 is 13.5 Å². The summed E-state index contributed by atoms with van der Waals surface area (Å²) >= 11 is 6.20. The lowest BCUT2D eigenvalue weighted by Gasteiger charge is -2.35. The molecule has 1 aromatic carbocycles. The van der Waals surface area contributed by atoms with Gasteiger partial charge in [-0.15, -0.1) is 0 Å². The van der Waals surface area contributed by atoms with Crippen LogP contribution in [0.4, 0.5) is 0 Å². The standard InChI is InChI=1S/C18H22ClN3O3S/c1-12-3-4-18(15(19)7-12)26(24,25)21-10-13-8-16(22-6-2-5-20-22)17(23)9-14(13)11-21/h2-7,13-14,16-17,23H,8-11H2,1H3/t13-,14+,16-,17-/m1/s1. The Morgan fingerprint density at radius 1 is 1.23 bits per heavy atom. The number of aryl methyl sites for hydroxylation is 1. The molecule has 1 aliphatic heterocycles. The molecule has 0 unspecified atom stereocenters. The van der Waals surface area contributed by atoms with Crippen LogP contribution in [-0.2, 0) is 10.0 Å². The van der Waals surface area contributed by atoms with Crippen LogP contribution in [0.25, 0.3) is 0 Å². The van der Waals surface area contributed by atoms with Gasteiger partial charge in [-0.25, -0.2) is 8.42 Å². The molecule has 2 aromatic rings. The van der Waals surface area contributed by atoms with E-state index in [-0.39, 0.29) is 27.8 Å². The first-order valence-electron chi connectivity index (χ1n) is 8.80. The number of aliphatic hydroxyl groups is 1. The molecule has 0 spiro atoms. The first kappa shape index (κ1) is 18.0. The topological polar surface area (TPSA) is 75.4 Å². The molecule has 1 saturated carbocycles. The number of hydrogen-bond donors (Lipinski definition) is 1. The zero-order chi connectivity index (χ0) is 18.5. The molecule has 0 bridgehead atoms. The number of fused-ring (bicyclic) bond motifs is 1. The van der Waals surface area contributed by atoms with E-state index >= 15 is 0 Å². The molecule has 2 aliphatic rings. The van der Waals surface area contributed by atoms with Crippen molar-refractivity contribution in [2.24, 2.45) is 11.8 Å². The summed E-state index contributed by atoms with van der Waals surface area (Å²) in [6.45, 7) is 2.77. The molecule has 140 valence electrons. The van der Waals surface area contributed by atoms with E-state index in [0.29, 0.717) is 19.5 Å². The number of halogens is 1. The van der Waals surface area contributed by atoms with Gasteiger partial charge in [0, 0.05) is 25.5 Å². The van der Waals surface area contributed by atoms with E-state index < -0.39 is 16.1 Å². The molecule has 2 heterocycles. The van der Waals surface area contributed by atoms with Crippen LogP contribution in [0.2, 0.25) is 5.02 Å². The van der Waals surface area contributed by atoms with E-state index in [0.717, 1.165) is 12.0 Å². The van der Waals surface area contributed by atoms with Crippen LogP contribution >= 0.6 is 11.6 Å². The molecule has 4 rings (SSSR count). The number of aromatic nitrogens is 2. The highest BCUT2D eigenvalue weighted by atomic mass is 35.5. The predicted octanol–water partition coefficient (Wildman–Crippen LogP) is 2.48. The summed E-state index contributed by atoms with van der Waals surface area (Å²) in [6, 6.07) is 6.76. The van der Waals surface area contributed by atoms with Gasteiger partial charge in [-0.2, -0.15) is 9.40 Å². The van der Waals surface area contributed by atoms with Crippen LogP contribution in [0.3, 0.4) is 0 Å². The third kappa shape index (κ3) is 3.07. The molecular weight excluding hydrogens is 374 g/mol. The molecular formula is C18H22ClN3O3S. The normalized spacial score (nSPS) is 29.7. The number of benzene rings is 1. The highest BCUT2D eigenvalue weighted by Crippen LogP contribution is 2.43. The highest BCUT2D eigenvalue weighted by Gasteiger charge is 2.46. The molecule has 6 nitrogen and oxygen atoms in total. The van der Waals surface area contributed by atoms with Crippen LogP contribution in [0.1, 0.15) is 24.4 Å². The van der Waals surface area contributed by atoms with Gasteiger partial charge in [0.05, 0.1) is 17.2 Å². The zero-order valence-electron chi connectivity index (χ0n) is 14.5. The Bertz CT molecular complexity index is 900. The van der Waals surface area contributed by atoms with E-state index in [9.17, 15) is 13.5 Å². The third-order valence-electron chi connectivity index (χ3n) is 5.65. The van der Waals surface area contributed by atoms with E-state index in [1.165, 1.54) is 4.31 Å². The van der Waals surface area contributed by atoms with Crippen LogP contribution in [-0.4, -0.2) is 46.8 Å². The molecule has 1 N–H and O–H groups in total. The maximum Gasteiger partial charge on any atom is 0.244 e. The van der Waals surface area contributed by atoms with Crippen molar-refractivity contribution in [1.29, 1.82) is 0 Å². The zero-order valence-corrected chi connectivity index (χ0v) is 16.1. The average molecular weight is 396 g/mol. The Morgan fingerprint density at radius 3 is 2.62 bits per heavy atom. The van der Waals surface area contributed by atoms with Crippen molar-refractivity contribution in [2.75, 3.05) is 13.1 Å². The fourth-order valence-corrected chi connectivity index (χ4v) is 6.40. The Kier molecular flexibility index (Phi) is 4.59. The van der Waals surface area contributed by atoms with Crippen LogP contribution < -0.4 is 0 Å². The molecule has 2 fully saturated rings. The number of sulfonamides is 1. The van der Waals surface area contributed by atoms with Crippen molar-refractivity contribution >= 4 is 21.6 Å². The van der Waals surface area contributed by atoms with E-state index in [4.69, 9.17) is 11.6 Å². The maximum absolute atomic E-state index is 13.1. The summed E-state index contributed by atoms with van der Waals surface area (Å²) < 4.78 is 29.4. The second kappa shape index (κ2) is 6.64. The lowest BCUT2D eigenvalue weighted by Crippen LogP contribution is -2.36. The van der Waals surface area contributed by atoms with Crippen molar-refractivity contribution in [2.45, 2.75) is 36.8 Å². The molecule has 4 atom stereocenters. The minimum absolute atomic E-state index is 0.100. The van der Waals surface area contributed by atoms with Crippen molar-refractivity contribution in [3.05, 3.63) is 47.2 Å². The SMILES string of the molecule is Cc1ccc(S(=O)(=O)N2C[C@H]3C[C@@H](n4cccn4)[C@H](O)C[C@H]3C2)c(Cl)c1. The first-order chi connectivity index (χ1) is 12.4. The highest BCUT2D eigenvalue weighted by molar-refractivity contribution is 7.89. The smallest absolute Gasteiger partial charge is 0.244 e. The van der Waals surface area contributed by atoms with Gasteiger partial charge >= 0.3 is 0 Å². The van der Waals surface area contributed by atoms with Crippen LogP contribution in [0.15, 0.2) is 41.6 Å². The van der Waals surface area contributed by atoms with Crippen molar-refractivity contribution in [3.63, 3.8) is 0 Å². The van der Waals surface area contributed by atoms with Gasteiger partial charge in [-0.1, -0.05) is 17.7 Å². The summed E-state index contributed by atoms with van der Waals surface area (Å²) in [5, 5.41) is 15.0. The summed E-state index contributed by atoms with van der Waals surface area (Å²) in [5.41, 5.74) is 0.925. The fraction of sp³-hybridized carbons (Fsp3) is 0.500. The Labute approximate surface area is 158 Å². The molecule has 26 heavy (non-hydrogen) atoms. The molecule has 1 saturated heterocycles. The Balaban J connectivity index is 1.56. The summed E-state index contributed by atoms with van der Waals surface area (Å²) in [5.74, 6) is 0.377. The van der Waals surface area contributed by atoms with E-state index in [1.807, 2.05) is 19.2 Å². The molecule has 8 heteroatoms. The Hall–Kier alpha value is -1.41. The van der Waals surface area contributed by atoms with Gasteiger partial charge in [0.25, 0.3) is 0 Å². The van der Waals surface area contributed by atoms with E-state index in [1.54, 1.807) is 29.1 Å². The summed E-state index contributed by atoms with van der Waals surface area (Å²) in [6.07, 6.45) is 4.35. The number of aliphatic hydroxyl groups excluding tert-OH is 1. The first-order valence-corrected chi connectivity index (χ1v) is 10.6. The summed E-state index contributed by atoms with van der Waals surface area (Å²) in [4.78, 5) is 0.160. The summed E-state index contributed by atoms with van der Waals surface area (Å²) in [7, 11) is -3.64. The lowest BCUT2D eigenvalue weighted by atomic mass is 9.77. The molecule has 0 amide bonds. The largest absolute Gasteiger partial charge is 0.391 e. The van der Waals surface area contributed by atoms with Gasteiger partial charge < -0.3 is 5.11 Å². The lowest BCUT2D eigenvalue weighted by molar-refractivity contribution is 0.0306. The molecule has 0 radical (unpaired) electrons. The van der Waals surface area contributed by atoms with Gasteiger partial charge in [-0.05, 0) is 55.4 Å². The van der Waals surface area contributed by atoms with Crippen molar-refractivity contribution in [1.82, 2.24) is 14.1 Å². The maximum atomic E-state index is 13.1. The van der Waals surface area contributed by atoms with Crippen LogP contribution in [0.5, 0.6) is 0 Å². The number of nitrogens with zero attached hydrogens (tertiary/aromatic N) is 3.